The lowest BCUT2D eigenvalue weighted by atomic mass is 10.2. The van der Waals surface area contributed by atoms with Crippen molar-refractivity contribution in [1.82, 2.24) is 0 Å². The van der Waals surface area contributed by atoms with Crippen LogP contribution in [-0.2, 0) is 0 Å². The molecule has 0 aromatic heterocycles. The van der Waals surface area contributed by atoms with Gasteiger partial charge in [0.1, 0.15) is 0 Å². The highest BCUT2D eigenvalue weighted by atomic mass is 32.2. The molecule has 5 heteroatoms. The predicted molar refractivity (Wildman–Crippen MR) is 61.2 cm³/mol. The fourth-order valence-electron chi connectivity index (χ4n) is 1.34. The smallest absolute Gasteiger partial charge is 0.259 e. The number of rotatable bonds is 1. The third kappa shape index (κ3) is 2.02. The molecule has 0 atom stereocenters. The Morgan fingerprint density at radius 1 is 1.47 bits per heavy atom. The zero-order valence-corrected chi connectivity index (χ0v) is 9.25. The molecule has 0 amide bonds. The summed E-state index contributed by atoms with van der Waals surface area (Å²) in [5, 5.41) is 10.6. The monoisotopic (exact) mass is 222 g/mol. The summed E-state index contributed by atoms with van der Waals surface area (Å²) in [5.74, 6) is 0. The second-order valence-electron chi connectivity index (χ2n) is 3.87. The lowest BCUT2D eigenvalue weighted by molar-refractivity contribution is -0.385. The van der Waals surface area contributed by atoms with Gasteiger partial charge in [-0.05, 0) is 19.9 Å². The van der Waals surface area contributed by atoms with E-state index in [4.69, 9.17) is 0 Å². The minimum atomic E-state index is -0.383. The number of non-ortho nitro benzene ring substituents is 1. The molecule has 0 N–H and O–H groups in total. The van der Waals surface area contributed by atoms with Gasteiger partial charge in [-0.25, -0.2) is 0 Å². The zero-order valence-electron chi connectivity index (χ0n) is 8.43. The number of benzene rings is 1. The van der Waals surface area contributed by atoms with E-state index in [1.807, 2.05) is 20.1 Å². The first-order chi connectivity index (χ1) is 6.98. The molecule has 1 aliphatic rings. The van der Waals surface area contributed by atoms with Crippen molar-refractivity contribution in [2.24, 2.45) is 4.99 Å². The summed E-state index contributed by atoms with van der Waals surface area (Å²) >= 11 is 1.59. The summed E-state index contributed by atoms with van der Waals surface area (Å²) in [4.78, 5) is 15.4. The van der Waals surface area contributed by atoms with Gasteiger partial charge in [0.2, 0.25) is 0 Å². The molecule has 1 aromatic carbocycles. The molecule has 0 radical (unpaired) electrons. The Kier molecular flexibility index (Phi) is 2.26. The molecule has 1 aliphatic heterocycles. The average Bonchev–Trinajstić information content (AvgIpc) is 2.15. The van der Waals surface area contributed by atoms with Crippen LogP contribution >= 0.6 is 11.8 Å². The highest BCUT2D eigenvalue weighted by molar-refractivity contribution is 8.01. The van der Waals surface area contributed by atoms with E-state index >= 15 is 0 Å². The number of fused-ring (bicyclic) bond motifs is 1. The molecular formula is C10H10N2O2S. The normalized spacial score (nSPS) is 17.2. The summed E-state index contributed by atoms with van der Waals surface area (Å²) < 4.78 is -0.0950. The van der Waals surface area contributed by atoms with Crippen molar-refractivity contribution in [2.75, 3.05) is 0 Å². The number of nitrogens with zero attached hydrogens (tertiary/aromatic N) is 2. The van der Waals surface area contributed by atoms with Gasteiger partial charge >= 0.3 is 0 Å². The minimum absolute atomic E-state index is 0.0950. The van der Waals surface area contributed by atoms with Crippen molar-refractivity contribution in [1.29, 1.82) is 0 Å². The maximum absolute atomic E-state index is 10.6. The van der Waals surface area contributed by atoms with Crippen LogP contribution in [0.3, 0.4) is 0 Å². The van der Waals surface area contributed by atoms with Gasteiger partial charge in [-0.2, -0.15) is 0 Å². The largest absolute Gasteiger partial charge is 0.270 e. The molecule has 78 valence electrons. The SMILES string of the molecule is CC1(C)C=Nc2ccc([N+](=O)[O-])cc2S1. The van der Waals surface area contributed by atoms with Crippen molar-refractivity contribution in [3.05, 3.63) is 28.3 Å². The molecule has 0 saturated heterocycles. The van der Waals surface area contributed by atoms with Crippen LogP contribution < -0.4 is 0 Å². The van der Waals surface area contributed by atoms with Crippen LogP contribution in [0.1, 0.15) is 13.8 Å². The third-order valence-corrected chi connectivity index (χ3v) is 3.22. The molecule has 2 rings (SSSR count). The van der Waals surface area contributed by atoms with E-state index in [9.17, 15) is 10.1 Å². The van der Waals surface area contributed by atoms with E-state index in [1.165, 1.54) is 6.07 Å². The Bertz CT molecular complexity index is 455. The highest BCUT2D eigenvalue weighted by Crippen LogP contribution is 2.42. The summed E-state index contributed by atoms with van der Waals surface area (Å²) in [5.41, 5.74) is 0.930. The van der Waals surface area contributed by atoms with E-state index in [1.54, 1.807) is 23.9 Å². The lowest BCUT2D eigenvalue weighted by Crippen LogP contribution is -2.18. The molecule has 0 aliphatic carbocycles. The number of thioether (sulfide) groups is 1. The summed E-state index contributed by atoms with van der Waals surface area (Å²) in [6.07, 6.45) is 1.87. The number of nitro benzene ring substituents is 1. The Hall–Kier alpha value is -1.36. The van der Waals surface area contributed by atoms with Crippen LogP contribution in [0.2, 0.25) is 0 Å². The molecular weight excluding hydrogens is 212 g/mol. The van der Waals surface area contributed by atoms with E-state index in [2.05, 4.69) is 4.99 Å². The highest BCUT2D eigenvalue weighted by Gasteiger charge is 2.24. The van der Waals surface area contributed by atoms with Crippen molar-refractivity contribution < 1.29 is 4.92 Å². The van der Waals surface area contributed by atoms with E-state index in [0.29, 0.717) is 0 Å². The van der Waals surface area contributed by atoms with Gasteiger partial charge in [0.15, 0.2) is 0 Å². The maximum atomic E-state index is 10.6. The molecule has 0 bridgehead atoms. The van der Waals surface area contributed by atoms with Gasteiger partial charge in [0.05, 0.1) is 15.4 Å². The first kappa shape index (κ1) is 10.2. The van der Waals surface area contributed by atoms with Crippen molar-refractivity contribution in [3.8, 4) is 0 Å². The standard InChI is InChI=1S/C10H10N2O2S/c1-10(2)6-11-8-4-3-7(12(13)14)5-9(8)15-10/h3-6H,1-2H3. The zero-order chi connectivity index (χ0) is 11.1. The van der Waals surface area contributed by atoms with Crippen LogP contribution in [0.25, 0.3) is 0 Å². The molecule has 0 unspecified atom stereocenters. The van der Waals surface area contributed by atoms with E-state index < -0.39 is 0 Å². The molecule has 15 heavy (non-hydrogen) atoms. The van der Waals surface area contributed by atoms with Gasteiger partial charge < -0.3 is 0 Å². The van der Waals surface area contributed by atoms with E-state index in [0.717, 1.165) is 10.6 Å². The van der Waals surface area contributed by atoms with Gasteiger partial charge in [-0.15, -0.1) is 11.8 Å². The fourth-order valence-corrected chi connectivity index (χ4v) is 2.42. The van der Waals surface area contributed by atoms with Crippen molar-refractivity contribution in [2.45, 2.75) is 23.5 Å². The van der Waals surface area contributed by atoms with Crippen LogP contribution in [0.5, 0.6) is 0 Å². The minimum Gasteiger partial charge on any atom is -0.259 e. The topological polar surface area (TPSA) is 55.5 Å². The number of hydrogen-bond acceptors (Lipinski definition) is 4. The molecule has 0 fully saturated rings. The van der Waals surface area contributed by atoms with Gasteiger partial charge in [0.25, 0.3) is 5.69 Å². The summed E-state index contributed by atoms with van der Waals surface area (Å²) in [6, 6.07) is 4.75. The Morgan fingerprint density at radius 2 is 2.20 bits per heavy atom. The van der Waals surface area contributed by atoms with Gasteiger partial charge in [-0.3, -0.25) is 15.1 Å². The van der Waals surface area contributed by atoms with E-state index in [-0.39, 0.29) is 15.4 Å². The summed E-state index contributed by atoms with van der Waals surface area (Å²) in [6.45, 7) is 4.06. The van der Waals surface area contributed by atoms with Crippen molar-refractivity contribution in [3.63, 3.8) is 0 Å². The number of nitro groups is 1. The Morgan fingerprint density at radius 3 is 2.87 bits per heavy atom. The van der Waals surface area contributed by atoms with Crippen LogP contribution in [0, 0.1) is 10.1 Å². The maximum Gasteiger partial charge on any atom is 0.270 e. The van der Waals surface area contributed by atoms with Gasteiger partial charge in [-0.1, -0.05) is 0 Å². The second kappa shape index (κ2) is 3.34. The molecule has 4 nitrogen and oxygen atoms in total. The predicted octanol–water partition coefficient (Wildman–Crippen LogP) is 3.18. The molecule has 1 heterocycles. The lowest BCUT2D eigenvalue weighted by Gasteiger charge is -2.23. The molecule has 0 spiro atoms. The quantitative estimate of drug-likeness (QED) is 0.541. The Labute approximate surface area is 91.6 Å². The van der Waals surface area contributed by atoms with Crippen molar-refractivity contribution >= 4 is 29.4 Å². The van der Waals surface area contributed by atoms with Crippen LogP contribution in [0.15, 0.2) is 28.1 Å². The average molecular weight is 222 g/mol. The molecule has 0 saturated carbocycles. The second-order valence-corrected chi connectivity index (χ2v) is 5.57. The molecule has 1 aromatic rings. The third-order valence-electron chi connectivity index (χ3n) is 2.04. The van der Waals surface area contributed by atoms with Crippen LogP contribution in [-0.4, -0.2) is 15.9 Å². The van der Waals surface area contributed by atoms with Crippen LogP contribution in [0.4, 0.5) is 11.4 Å². The summed E-state index contributed by atoms with van der Waals surface area (Å²) in [7, 11) is 0. The fraction of sp³-hybridized carbons (Fsp3) is 0.300. The number of hydrogen-bond donors (Lipinski definition) is 0. The Balaban J connectivity index is 2.46. The first-order valence-electron chi connectivity index (χ1n) is 4.51. The first-order valence-corrected chi connectivity index (χ1v) is 5.32. The number of aliphatic imine (C=N–C) groups is 1. The van der Waals surface area contributed by atoms with Gasteiger partial charge in [0, 0.05) is 23.2 Å².